The zero-order chi connectivity index (χ0) is 22.0. The van der Waals surface area contributed by atoms with Crippen LogP contribution < -0.4 is 5.32 Å². The number of ether oxygens (including phenoxy) is 2. The molecule has 3 saturated heterocycles. The maximum absolute atomic E-state index is 6.22. The van der Waals surface area contributed by atoms with E-state index in [0.29, 0.717) is 18.2 Å². The molecule has 0 aromatic heterocycles. The Balaban J connectivity index is 1.32. The molecule has 6 heteroatoms. The van der Waals surface area contributed by atoms with Gasteiger partial charge in [-0.2, -0.15) is 0 Å². The Morgan fingerprint density at radius 1 is 1.06 bits per heavy atom. The van der Waals surface area contributed by atoms with Crippen LogP contribution in [-0.4, -0.2) is 80.4 Å². The quantitative estimate of drug-likeness (QED) is 0.490. The van der Waals surface area contributed by atoms with Crippen LogP contribution in [0.5, 0.6) is 0 Å². The van der Waals surface area contributed by atoms with Gasteiger partial charge in [-0.1, -0.05) is 30.3 Å². The Kier molecular flexibility index (Phi) is 9.24. The first-order chi connectivity index (χ1) is 15.8. The van der Waals surface area contributed by atoms with Crippen LogP contribution in [0.25, 0.3) is 0 Å². The average Bonchev–Trinajstić information content (AvgIpc) is 3.39. The molecule has 1 aromatic rings. The second-order valence-corrected chi connectivity index (χ2v) is 9.37. The molecule has 0 saturated carbocycles. The van der Waals surface area contributed by atoms with Crippen LogP contribution in [0.2, 0.25) is 0 Å². The first kappa shape index (κ1) is 23.5. The summed E-state index contributed by atoms with van der Waals surface area (Å²) in [7, 11) is 0. The molecule has 3 aliphatic heterocycles. The predicted octanol–water partition coefficient (Wildman–Crippen LogP) is 3.84. The minimum absolute atomic E-state index is 0.307. The summed E-state index contributed by atoms with van der Waals surface area (Å²) in [4.78, 5) is 10.2. The molecule has 2 atom stereocenters. The fourth-order valence-electron chi connectivity index (χ4n) is 5.18. The normalized spacial score (nSPS) is 24.6. The predicted molar refractivity (Wildman–Crippen MR) is 130 cm³/mol. The molecule has 3 heterocycles. The van der Waals surface area contributed by atoms with Crippen LogP contribution in [-0.2, 0) is 9.47 Å². The van der Waals surface area contributed by atoms with Crippen molar-refractivity contribution in [3.63, 3.8) is 0 Å². The number of nitrogens with one attached hydrogen (secondary N) is 1. The molecule has 32 heavy (non-hydrogen) atoms. The molecule has 3 fully saturated rings. The summed E-state index contributed by atoms with van der Waals surface area (Å²) in [6.07, 6.45) is 8.99. The average molecular weight is 443 g/mol. The highest BCUT2D eigenvalue weighted by Crippen LogP contribution is 2.26. The van der Waals surface area contributed by atoms with E-state index in [1.807, 2.05) is 0 Å². The summed E-state index contributed by atoms with van der Waals surface area (Å²) in [5, 5.41) is 3.54. The van der Waals surface area contributed by atoms with E-state index in [1.54, 1.807) is 0 Å². The molecule has 0 bridgehead atoms. The van der Waals surface area contributed by atoms with Gasteiger partial charge in [0.2, 0.25) is 0 Å². The van der Waals surface area contributed by atoms with E-state index in [-0.39, 0.29) is 0 Å². The van der Waals surface area contributed by atoms with Crippen molar-refractivity contribution in [2.45, 2.75) is 70.1 Å². The van der Waals surface area contributed by atoms with Crippen molar-refractivity contribution in [3.8, 4) is 0 Å². The Morgan fingerprint density at radius 2 is 1.84 bits per heavy atom. The van der Waals surface area contributed by atoms with Crippen molar-refractivity contribution in [1.29, 1.82) is 0 Å². The highest BCUT2D eigenvalue weighted by molar-refractivity contribution is 5.80. The highest BCUT2D eigenvalue weighted by Gasteiger charge is 2.26. The molecule has 4 rings (SSSR count). The third kappa shape index (κ3) is 6.69. The molecule has 0 radical (unpaired) electrons. The van der Waals surface area contributed by atoms with E-state index in [4.69, 9.17) is 14.5 Å². The zero-order valence-corrected chi connectivity index (χ0v) is 19.9. The van der Waals surface area contributed by atoms with Gasteiger partial charge in [0.15, 0.2) is 5.96 Å². The van der Waals surface area contributed by atoms with E-state index < -0.39 is 0 Å². The summed E-state index contributed by atoms with van der Waals surface area (Å²) < 4.78 is 12.0. The smallest absolute Gasteiger partial charge is 0.193 e. The molecule has 6 nitrogen and oxygen atoms in total. The van der Waals surface area contributed by atoms with Gasteiger partial charge in [-0.25, -0.2) is 0 Å². The molecule has 1 aromatic carbocycles. The van der Waals surface area contributed by atoms with E-state index in [2.05, 4.69) is 52.4 Å². The Hall–Kier alpha value is -1.63. The monoisotopic (exact) mass is 442 g/mol. The zero-order valence-electron chi connectivity index (χ0n) is 19.9. The Labute approximate surface area is 194 Å². The van der Waals surface area contributed by atoms with Gasteiger partial charge in [-0.15, -0.1) is 0 Å². The van der Waals surface area contributed by atoms with Crippen LogP contribution >= 0.6 is 0 Å². The summed E-state index contributed by atoms with van der Waals surface area (Å²) in [5.74, 6) is 1.06. The maximum atomic E-state index is 6.22. The molecular formula is C26H42N4O2. The number of hydrogen-bond acceptors (Lipinski definition) is 4. The molecule has 2 unspecified atom stereocenters. The second-order valence-electron chi connectivity index (χ2n) is 9.37. The van der Waals surface area contributed by atoms with Crippen molar-refractivity contribution in [2.75, 3.05) is 52.5 Å². The number of benzene rings is 1. The van der Waals surface area contributed by atoms with Crippen molar-refractivity contribution >= 4 is 5.96 Å². The summed E-state index contributed by atoms with van der Waals surface area (Å²) in [6.45, 7) is 9.88. The number of nitrogens with zero attached hydrogens (tertiary/aromatic N) is 3. The number of rotatable bonds is 8. The molecular weight excluding hydrogens is 400 g/mol. The van der Waals surface area contributed by atoms with Crippen molar-refractivity contribution in [1.82, 2.24) is 15.1 Å². The summed E-state index contributed by atoms with van der Waals surface area (Å²) >= 11 is 0. The molecule has 3 aliphatic rings. The molecule has 178 valence electrons. The Morgan fingerprint density at radius 3 is 2.53 bits per heavy atom. The molecule has 0 spiro atoms. The third-order valence-electron chi connectivity index (χ3n) is 7.05. The number of guanidine groups is 1. The molecule has 0 amide bonds. The maximum Gasteiger partial charge on any atom is 0.193 e. The van der Waals surface area contributed by atoms with Gasteiger partial charge < -0.3 is 19.7 Å². The van der Waals surface area contributed by atoms with Crippen molar-refractivity contribution in [2.24, 2.45) is 4.99 Å². The SMILES string of the molecule is CCNC(=NCC(c1ccccc1)N1CCCC1)N1CCC(OCC2CCCCO2)CC1. The Bertz CT molecular complexity index is 678. The van der Waals surface area contributed by atoms with E-state index in [0.717, 1.165) is 64.6 Å². The van der Waals surface area contributed by atoms with Crippen LogP contribution in [0.4, 0.5) is 0 Å². The van der Waals surface area contributed by atoms with Gasteiger partial charge in [-0.05, 0) is 70.5 Å². The standard InChI is InChI=1S/C26H42N4O2/c1-2-27-26(28-20-25(29-15-7-8-16-29)22-10-4-3-5-11-22)30-17-13-23(14-18-30)32-21-24-12-6-9-19-31-24/h3-5,10-11,23-25H,2,6-9,12-21H2,1H3,(H,27,28). The number of hydrogen-bond donors (Lipinski definition) is 1. The minimum Gasteiger partial charge on any atom is -0.376 e. The summed E-state index contributed by atoms with van der Waals surface area (Å²) in [5.41, 5.74) is 1.38. The van der Waals surface area contributed by atoms with E-state index >= 15 is 0 Å². The largest absolute Gasteiger partial charge is 0.376 e. The number of piperidine rings is 1. The highest BCUT2D eigenvalue weighted by atomic mass is 16.5. The van der Waals surface area contributed by atoms with Gasteiger partial charge in [0.25, 0.3) is 0 Å². The minimum atomic E-state index is 0.307. The van der Waals surface area contributed by atoms with Gasteiger partial charge >= 0.3 is 0 Å². The van der Waals surface area contributed by atoms with Crippen LogP contribution in [0.15, 0.2) is 35.3 Å². The second kappa shape index (κ2) is 12.6. The van der Waals surface area contributed by atoms with E-state index in [9.17, 15) is 0 Å². The lowest BCUT2D eigenvalue weighted by Gasteiger charge is -2.35. The first-order valence-electron chi connectivity index (χ1n) is 12.9. The molecule has 1 N–H and O–H groups in total. The van der Waals surface area contributed by atoms with Gasteiger partial charge in [0, 0.05) is 26.2 Å². The lowest BCUT2D eigenvalue weighted by molar-refractivity contribution is -0.0721. The summed E-state index contributed by atoms with van der Waals surface area (Å²) in [6, 6.07) is 11.3. The topological polar surface area (TPSA) is 49.3 Å². The fraction of sp³-hybridized carbons (Fsp3) is 0.731. The van der Waals surface area contributed by atoms with Gasteiger partial charge in [0.1, 0.15) is 0 Å². The third-order valence-corrected chi connectivity index (χ3v) is 7.05. The number of aliphatic imine (C=N–C) groups is 1. The first-order valence-corrected chi connectivity index (χ1v) is 12.9. The lowest BCUT2D eigenvalue weighted by atomic mass is 10.1. The van der Waals surface area contributed by atoms with Crippen molar-refractivity contribution < 1.29 is 9.47 Å². The van der Waals surface area contributed by atoms with Crippen molar-refractivity contribution in [3.05, 3.63) is 35.9 Å². The van der Waals surface area contributed by atoms with Gasteiger partial charge in [-0.3, -0.25) is 9.89 Å². The van der Waals surface area contributed by atoms with E-state index in [1.165, 1.54) is 44.3 Å². The van der Waals surface area contributed by atoms with Crippen LogP contribution in [0.3, 0.4) is 0 Å². The van der Waals surface area contributed by atoms with Gasteiger partial charge in [0.05, 0.1) is 31.4 Å². The molecule has 0 aliphatic carbocycles. The lowest BCUT2D eigenvalue weighted by Crippen LogP contribution is -2.47. The van der Waals surface area contributed by atoms with Crippen LogP contribution in [0.1, 0.15) is 63.5 Å². The fourth-order valence-corrected chi connectivity index (χ4v) is 5.18. The number of likely N-dealkylation sites (tertiary alicyclic amines) is 2. The van der Waals surface area contributed by atoms with Crippen LogP contribution in [0, 0.1) is 0 Å².